The lowest BCUT2D eigenvalue weighted by molar-refractivity contribution is 0.620. The van der Waals surface area contributed by atoms with Crippen LogP contribution in [-0.2, 0) is 5.33 Å². The third kappa shape index (κ3) is 3.51. The van der Waals surface area contributed by atoms with Gasteiger partial charge in [0.1, 0.15) is 0 Å². The second kappa shape index (κ2) is 6.29. The number of rotatable bonds is 3. The highest BCUT2D eigenvalue weighted by atomic mass is 79.9. The Morgan fingerprint density at radius 2 is 1.62 bits per heavy atom. The molecule has 1 aliphatic rings. The van der Waals surface area contributed by atoms with Crippen molar-refractivity contribution in [2.45, 2.75) is 49.9 Å². The van der Waals surface area contributed by atoms with E-state index in [2.05, 4.69) is 45.5 Å². The maximum absolute atomic E-state index is 3.66. The molecule has 0 atom stereocenters. The zero-order valence-corrected chi connectivity index (χ0v) is 11.3. The molecule has 1 aliphatic carbocycles. The molecule has 1 fully saturated rings. The zero-order chi connectivity index (χ0) is 11.2. The third-order valence-corrected chi connectivity index (χ3v) is 3.98. The van der Waals surface area contributed by atoms with Crippen molar-refractivity contribution in [1.82, 2.24) is 0 Å². The van der Waals surface area contributed by atoms with E-state index in [4.69, 9.17) is 0 Å². The maximum Gasteiger partial charge on any atom is 0.0342 e. The summed E-state index contributed by atoms with van der Waals surface area (Å²) in [6.45, 7) is 0. The molecule has 1 aromatic carbocycles. The van der Waals surface area contributed by atoms with Crippen LogP contribution in [0.2, 0.25) is 0 Å². The lowest BCUT2D eigenvalue weighted by atomic mass is 10.1. The Balaban J connectivity index is 1.91. The molecule has 0 amide bonds. The van der Waals surface area contributed by atoms with E-state index in [-0.39, 0.29) is 0 Å². The van der Waals surface area contributed by atoms with Crippen molar-refractivity contribution < 1.29 is 0 Å². The summed E-state index contributed by atoms with van der Waals surface area (Å²) in [4.78, 5) is 0. The van der Waals surface area contributed by atoms with Crippen molar-refractivity contribution in [2.75, 3.05) is 5.32 Å². The first-order chi connectivity index (χ1) is 7.88. The highest BCUT2D eigenvalue weighted by Crippen LogP contribution is 2.21. The standard InChI is InChI=1S/C14H20BrN/c15-11-12-7-9-14(10-8-12)16-13-5-3-1-2-4-6-13/h7-10,13,16H,1-6,11H2. The normalized spacial score (nSPS) is 18.1. The summed E-state index contributed by atoms with van der Waals surface area (Å²) < 4.78 is 0. The Bertz CT molecular complexity index is 299. The first kappa shape index (κ1) is 12.0. The van der Waals surface area contributed by atoms with Gasteiger partial charge in [0.25, 0.3) is 0 Å². The third-order valence-electron chi connectivity index (χ3n) is 3.33. The molecule has 0 radical (unpaired) electrons. The van der Waals surface area contributed by atoms with Gasteiger partial charge < -0.3 is 5.32 Å². The number of hydrogen-bond donors (Lipinski definition) is 1. The number of benzene rings is 1. The van der Waals surface area contributed by atoms with Crippen LogP contribution < -0.4 is 5.32 Å². The van der Waals surface area contributed by atoms with Crippen LogP contribution in [0.25, 0.3) is 0 Å². The van der Waals surface area contributed by atoms with E-state index in [1.165, 1.54) is 49.8 Å². The topological polar surface area (TPSA) is 12.0 Å². The summed E-state index contributed by atoms with van der Waals surface area (Å²) in [6, 6.07) is 9.46. The molecule has 16 heavy (non-hydrogen) atoms. The second-order valence-electron chi connectivity index (χ2n) is 4.66. The van der Waals surface area contributed by atoms with Gasteiger partial charge in [-0.3, -0.25) is 0 Å². The van der Waals surface area contributed by atoms with Crippen LogP contribution in [0.1, 0.15) is 44.1 Å². The van der Waals surface area contributed by atoms with Crippen molar-refractivity contribution in [1.29, 1.82) is 0 Å². The fraction of sp³-hybridized carbons (Fsp3) is 0.571. The summed E-state index contributed by atoms with van der Waals surface area (Å²) in [5, 5.41) is 4.60. The Morgan fingerprint density at radius 1 is 1.00 bits per heavy atom. The Labute approximate surface area is 107 Å². The largest absolute Gasteiger partial charge is 0.382 e. The fourth-order valence-electron chi connectivity index (χ4n) is 2.35. The molecule has 0 spiro atoms. The van der Waals surface area contributed by atoms with E-state index >= 15 is 0 Å². The van der Waals surface area contributed by atoms with Crippen molar-refractivity contribution >= 4 is 21.6 Å². The first-order valence-corrected chi connectivity index (χ1v) is 7.42. The van der Waals surface area contributed by atoms with Gasteiger partial charge in [-0.05, 0) is 30.5 Å². The highest BCUT2D eigenvalue weighted by Gasteiger charge is 2.11. The minimum absolute atomic E-state index is 0.692. The monoisotopic (exact) mass is 281 g/mol. The lowest BCUT2D eigenvalue weighted by Crippen LogP contribution is -2.18. The molecule has 2 heteroatoms. The van der Waals surface area contributed by atoms with Crippen molar-refractivity contribution in [2.24, 2.45) is 0 Å². The number of anilines is 1. The lowest BCUT2D eigenvalue weighted by Gasteiger charge is -2.17. The van der Waals surface area contributed by atoms with E-state index in [0.29, 0.717) is 6.04 Å². The molecule has 0 saturated heterocycles. The zero-order valence-electron chi connectivity index (χ0n) is 9.71. The number of hydrogen-bond acceptors (Lipinski definition) is 1. The average Bonchev–Trinajstić information content (AvgIpc) is 2.59. The van der Waals surface area contributed by atoms with Gasteiger partial charge in [0, 0.05) is 17.1 Å². The van der Waals surface area contributed by atoms with Crippen LogP contribution >= 0.6 is 15.9 Å². The molecular formula is C14H20BrN. The summed E-state index contributed by atoms with van der Waals surface area (Å²) in [5.74, 6) is 0. The Morgan fingerprint density at radius 3 is 2.19 bits per heavy atom. The minimum atomic E-state index is 0.692. The molecule has 1 N–H and O–H groups in total. The van der Waals surface area contributed by atoms with Crippen molar-refractivity contribution in [3.05, 3.63) is 29.8 Å². The van der Waals surface area contributed by atoms with E-state index in [1.807, 2.05) is 0 Å². The molecule has 1 aromatic rings. The fourth-order valence-corrected chi connectivity index (χ4v) is 2.72. The molecule has 88 valence electrons. The molecule has 2 rings (SSSR count). The SMILES string of the molecule is BrCc1ccc(NC2CCCCCC2)cc1. The number of halogens is 1. The summed E-state index contributed by atoms with van der Waals surface area (Å²) >= 11 is 3.47. The molecular weight excluding hydrogens is 262 g/mol. The van der Waals surface area contributed by atoms with Gasteiger partial charge >= 0.3 is 0 Å². The summed E-state index contributed by atoms with van der Waals surface area (Å²) in [5.41, 5.74) is 2.61. The molecule has 0 heterocycles. The molecule has 0 bridgehead atoms. The second-order valence-corrected chi connectivity index (χ2v) is 5.22. The van der Waals surface area contributed by atoms with Gasteiger partial charge in [0.15, 0.2) is 0 Å². The smallest absolute Gasteiger partial charge is 0.0342 e. The summed E-state index contributed by atoms with van der Waals surface area (Å²) in [7, 11) is 0. The van der Waals surface area contributed by atoms with Crippen LogP contribution in [0.4, 0.5) is 5.69 Å². The van der Waals surface area contributed by atoms with Crippen LogP contribution in [0.5, 0.6) is 0 Å². The van der Waals surface area contributed by atoms with Crippen LogP contribution in [0.3, 0.4) is 0 Å². The summed E-state index contributed by atoms with van der Waals surface area (Å²) in [6.07, 6.45) is 8.27. The van der Waals surface area contributed by atoms with E-state index in [9.17, 15) is 0 Å². The van der Waals surface area contributed by atoms with Crippen LogP contribution in [0, 0.1) is 0 Å². The van der Waals surface area contributed by atoms with Gasteiger partial charge in [-0.2, -0.15) is 0 Å². The van der Waals surface area contributed by atoms with Crippen molar-refractivity contribution in [3.8, 4) is 0 Å². The van der Waals surface area contributed by atoms with Gasteiger partial charge in [0.2, 0.25) is 0 Å². The van der Waals surface area contributed by atoms with Crippen molar-refractivity contribution in [3.63, 3.8) is 0 Å². The van der Waals surface area contributed by atoms with E-state index in [1.54, 1.807) is 0 Å². The predicted molar refractivity (Wildman–Crippen MR) is 74.2 cm³/mol. The number of alkyl halides is 1. The van der Waals surface area contributed by atoms with Crippen LogP contribution in [0.15, 0.2) is 24.3 Å². The molecule has 0 aromatic heterocycles. The number of nitrogens with one attached hydrogen (secondary N) is 1. The Hall–Kier alpha value is -0.500. The average molecular weight is 282 g/mol. The molecule has 1 nitrogen and oxygen atoms in total. The Kier molecular flexibility index (Phi) is 4.70. The first-order valence-electron chi connectivity index (χ1n) is 6.30. The minimum Gasteiger partial charge on any atom is -0.382 e. The van der Waals surface area contributed by atoms with Gasteiger partial charge in [-0.15, -0.1) is 0 Å². The maximum atomic E-state index is 3.66. The quantitative estimate of drug-likeness (QED) is 0.625. The van der Waals surface area contributed by atoms with Gasteiger partial charge in [0.05, 0.1) is 0 Å². The predicted octanol–water partition coefficient (Wildman–Crippen LogP) is 4.72. The molecule has 0 aliphatic heterocycles. The molecule has 1 saturated carbocycles. The van der Waals surface area contributed by atoms with E-state index in [0.717, 1.165) is 5.33 Å². The van der Waals surface area contributed by atoms with Gasteiger partial charge in [-0.25, -0.2) is 0 Å². The molecule has 0 unspecified atom stereocenters. The van der Waals surface area contributed by atoms with Crippen LogP contribution in [-0.4, -0.2) is 6.04 Å². The van der Waals surface area contributed by atoms with Gasteiger partial charge in [-0.1, -0.05) is 53.7 Å². The highest BCUT2D eigenvalue weighted by molar-refractivity contribution is 9.08. The van der Waals surface area contributed by atoms with E-state index < -0.39 is 0 Å².